The molecule has 2 fully saturated rings. The summed E-state index contributed by atoms with van der Waals surface area (Å²) in [5.41, 5.74) is 1.46. The molecule has 0 spiro atoms. The molecule has 1 amide bonds. The third-order valence-corrected chi connectivity index (χ3v) is 5.22. The lowest BCUT2D eigenvalue weighted by atomic mass is 9.92. The van der Waals surface area contributed by atoms with Crippen molar-refractivity contribution in [1.82, 2.24) is 24.8 Å². The van der Waals surface area contributed by atoms with Crippen LogP contribution in [-0.4, -0.2) is 57.1 Å². The van der Waals surface area contributed by atoms with Gasteiger partial charge < -0.3 is 10.1 Å². The van der Waals surface area contributed by atoms with E-state index in [1.807, 2.05) is 22.9 Å². The first kappa shape index (κ1) is 14.1. The minimum Gasteiger partial charge on any atom is -0.370 e. The zero-order valence-corrected chi connectivity index (χ0v) is 13.3. The Morgan fingerprint density at radius 3 is 3.08 bits per heavy atom. The van der Waals surface area contributed by atoms with Crippen molar-refractivity contribution in [3.63, 3.8) is 0 Å². The van der Waals surface area contributed by atoms with E-state index in [1.54, 1.807) is 12.5 Å². The van der Waals surface area contributed by atoms with Crippen LogP contribution in [-0.2, 0) is 4.74 Å². The fraction of sp³-hybridized carbons (Fsp3) is 0.471. The third-order valence-electron chi connectivity index (χ3n) is 5.22. The van der Waals surface area contributed by atoms with Gasteiger partial charge in [-0.3, -0.25) is 14.3 Å². The van der Waals surface area contributed by atoms with Gasteiger partial charge in [-0.1, -0.05) is 0 Å². The molecule has 4 atom stereocenters. The molecule has 124 valence electrons. The van der Waals surface area contributed by atoms with Crippen LogP contribution in [0.5, 0.6) is 0 Å². The predicted molar refractivity (Wildman–Crippen MR) is 85.9 cm³/mol. The van der Waals surface area contributed by atoms with E-state index in [4.69, 9.17) is 4.74 Å². The van der Waals surface area contributed by atoms with E-state index >= 15 is 0 Å². The molecule has 2 aromatic heterocycles. The van der Waals surface area contributed by atoms with Crippen LogP contribution in [0.4, 0.5) is 0 Å². The highest BCUT2D eigenvalue weighted by Gasteiger charge is 2.41. The van der Waals surface area contributed by atoms with E-state index < -0.39 is 0 Å². The first-order valence-corrected chi connectivity index (χ1v) is 8.45. The number of aromatic nitrogens is 3. The molecule has 0 radical (unpaired) electrons. The maximum Gasteiger partial charge on any atom is 0.270 e. The van der Waals surface area contributed by atoms with Gasteiger partial charge in [0.1, 0.15) is 23.9 Å². The Balaban J connectivity index is 1.62. The number of nitrogens with zero attached hydrogens (tertiary/aromatic N) is 4. The summed E-state index contributed by atoms with van der Waals surface area (Å²) < 4.78 is 7.70. The fourth-order valence-corrected chi connectivity index (χ4v) is 3.92. The van der Waals surface area contributed by atoms with Crippen molar-refractivity contribution in [3.8, 4) is 5.82 Å². The molecule has 3 unspecified atom stereocenters. The van der Waals surface area contributed by atoms with E-state index in [1.165, 1.54) is 0 Å². The van der Waals surface area contributed by atoms with Crippen molar-refractivity contribution >= 4 is 5.91 Å². The molecule has 3 aliphatic rings. The number of hydrogen-bond acceptors (Lipinski definition) is 5. The van der Waals surface area contributed by atoms with Crippen molar-refractivity contribution < 1.29 is 9.53 Å². The topological polar surface area (TPSA) is 72.3 Å². The van der Waals surface area contributed by atoms with Crippen LogP contribution in [0, 0.1) is 0 Å². The molecule has 1 N–H and O–H groups in total. The van der Waals surface area contributed by atoms with E-state index in [-0.39, 0.29) is 18.1 Å². The lowest BCUT2D eigenvalue weighted by Crippen LogP contribution is -2.58. The molecular formula is C17H19N5O2. The van der Waals surface area contributed by atoms with Crippen molar-refractivity contribution in [2.45, 2.75) is 31.0 Å². The number of imidazole rings is 1. The Kier molecular flexibility index (Phi) is 3.17. The second-order valence-corrected chi connectivity index (χ2v) is 6.74. The van der Waals surface area contributed by atoms with Crippen molar-refractivity contribution in [1.29, 1.82) is 0 Å². The number of hydrogen-bond donors (Lipinski definition) is 1. The Hall–Kier alpha value is -2.25. The second kappa shape index (κ2) is 5.39. The molecule has 2 saturated heterocycles. The van der Waals surface area contributed by atoms with Gasteiger partial charge in [-0.15, -0.1) is 0 Å². The van der Waals surface area contributed by atoms with Gasteiger partial charge in [-0.2, -0.15) is 0 Å². The molecule has 7 heteroatoms. The van der Waals surface area contributed by atoms with Gasteiger partial charge in [-0.25, -0.2) is 9.97 Å². The monoisotopic (exact) mass is 325 g/mol. The Labute approximate surface area is 139 Å². The fourth-order valence-electron chi connectivity index (χ4n) is 3.92. The lowest BCUT2D eigenvalue weighted by molar-refractivity contribution is -0.143. The molecule has 0 aliphatic carbocycles. The van der Waals surface area contributed by atoms with Crippen molar-refractivity contribution in [2.75, 3.05) is 19.7 Å². The maximum absolute atomic E-state index is 12.7. The summed E-state index contributed by atoms with van der Waals surface area (Å²) in [4.78, 5) is 23.7. The largest absolute Gasteiger partial charge is 0.370 e. The lowest BCUT2D eigenvalue weighted by Gasteiger charge is -2.47. The first-order valence-electron chi connectivity index (χ1n) is 8.45. The van der Waals surface area contributed by atoms with Gasteiger partial charge in [-0.05, 0) is 37.1 Å². The Bertz CT molecular complexity index is 775. The molecule has 7 nitrogen and oxygen atoms in total. The third kappa shape index (κ3) is 2.23. The Morgan fingerprint density at radius 2 is 2.29 bits per heavy atom. The SMILES string of the molecule is O=C1N[C@@H]2CCCN(C2)C2COC2c2cc1nc(-n1ccnc1)c2. The Morgan fingerprint density at radius 1 is 1.33 bits per heavy atom. The summed E-state index contributed by atoms with van der Waals surface area (Å²) >= 11 is 0. The number of carbonyl (C=O) groups is 1. The van der Waals surface area contributed by atoms with Crippen LogP contribution in [0.15, 0.2) is 30.9 Å². The molecule has 24 heavy (non-hydrogen) atoms. The number of piperidine rings is 1. The van der Waals surface area contributed by atoms with Gasteiger partial charge in [0.2, 0.25) is 0 Å². The number of pyridine rings is 1. The van der Waals surface area contributed by atoms with Crippen LogP contribution in [0.3, 0.4) is 0 Å². The minimum absolute atomic E-state index is 0.0127. The van der Waals surface area contributed by atoms with E-state index in [2.05, 4.69) is 20.2 Å². The van der Waals surface area contributed by atoms with Crippen LogP contribution >= 0.6 is 0 Å². The quantitative estimate of drug-likeness (QED) is 0.844. The second-order valence-electron chi connectivity index (χ2n) is 6.74. The average molecular weight is 325 g/mol. The number of carbonyl (C=O) groups excluding carboxylic acids is 1. The highest BCUT2D eigenvalue weighted by molar-refractivity contribution is 5.93. The molecule has 0 aromatic carbocycles. The van der Waals surface area contributed by atoms with Crippen LogP contribution in [0.25, 0.3) is 5.82 Å². The predicted octanol–water partition coefficient (Wildman–Crippen LogP) is 0.915. The highest BCUT2D eigenvalue weighted by Crippen LogP contribution is 2.36. The van der Waals surface area contributed by atoms with Gasteiger partial charge in [0.15, 0.2) is 0 Å². The zero-order valence-electron chi connectivity index (χ0n) is 13.3. The summed E-state index contributed by atoms with van der Waals surface area (Å²) in [5, 5.41) is 3.15. The van der Waals surface area contributed by atoms with Crippen molar-refractivity contribution in [2.24, 2.45) is 0 Å². The van der Waals surface area contributed by atoms with E-state index in [0.717, 1.165) is 38.1 Å². The number of nitrogens with one attached hydrogen (secondary N) is 1. The molecule has 5 rings (SSSR count). The average Bonchev–Trinajstić information content (AvgIpc) is 3.07. The molecule has 0 saturated carbocycles. The van der Waals surface area contributed by atoms with Crippen molar-refractivity contribution in [3.05, 3.63) is 42.1 Å². The zero-order chi connectivity index (χ0) is 16.1. The van der Waals surface area contributed by atoms with E-state index in [9.17, 15) is 4.79 Å². The number of amides is 1. The summed E-state index contributed by atoms with van der Waals surface area (Å²) in [6, 6.07) is 4.44. The molecule has 3 aliphatic heterocycles. The normalized spacial score (nSPS) is 31.6. The standard InChI is InChI=1S/C17H19N5O2/c23-17-13-6-11(7-15(20-13)22-5-3-18-10-22)16-14(9-24-16)21-4-1-2-12(8-21)19-17/h3,5-7,10,12,14,16H,1-2,4,8-9H2,(H,19,23)/t12-,14?,16?/m1/s1. The van der Waals surface area contributed by atoms with Crippen LogP contribution < -0.4 is 5.32 Å². The van der Waals surface area contributed by atoms with Gasteiger partial charge in [0, 0.05) is 25.0 Å². The van der Waals surface area contributed by atoms with Gasteiger partial charge in [0.05, 0.1) is 12.6 Å². The van der Waals surface area contributed by atoms with E-state index in [0.29, 0.717) is 17.6 Å². The highest BCUT2D eigenvalue weighted by atomic mass is 16.5. The maximum atomic E-state index is 12.7. The molecular weight excluding hydrogens is 306 g/mol. The first-order chi connectivity index (χ1) is 11.8. The summed E-state index contributed by atoms with van der Waals surface area (Å²) in [5.74, 6) is 0.591. The molecule has 2 aromatic rings. The molecule has 4 bridgehead atoms. The minimum atomic E-state index is -0.108. The van der Waals surface area contributed by atoms with Crippen LogP contribution in [0.2, 0.25) is 0 Å². The number of ether oxygens (including phenoxy) is 1. The molecule has 5 heterocycles. The van der Waals surface area contributed by atoms with Crippen LogP contribution in [0.1, 0.15) is 35.0 Å². The number of rotatable bonds is 1. The summed E-state index contributed by atoms with van der Waals surface area (Å²) in [6.45, 7) is 2.72. The summed E-state index contributed by atoms with van der Waals surface area (Å²) in [7, 11) is 0. The smallest absolute Gasteiger partial charge is 0.270 e. The van der Waals surface area contributed by atoms with Gasteiger partial charge in [0.25, 0.3) is 5.91 Å². The van der Waals surface area contributed by atoms with Gasteiger partial charge >= 0.3 is 0 Å². The number of fused-ring (bicyclic) bond motifs is 7. The summed E-state index contributed by atoms with van der Waals surface area (Å²) in [6.07, 6.45) is 7.37.